The van der Waals surface area contributed by atoms with Crippen LogP contribution in [-0.4, -0.2) is 23.6 Å². The number of ether oxygens (including phenoxy) is 1. The second kappa shape index (κ2) is 10.1. The summed E-state index contributed by atoms with van der Waals surface area (Å²) in [5.41, 5.74) is 4.96. The number of rotatable bonds is 7. The molecule has 1 aliphatic rings. The first-order chi connectivity index (χ1) is 17.5. The number of benzene rings is 3. The molecule has 0 bridgehead atoms. The van der Waals surface area contributed by atoms with E-state index < -0.39 is 0 Å². The highest BCUT2D eigenvalue weighted by Gasteiger charge is 2.28. The zero-order valence-corrected chi connectivity index (χ0v) is 20.2. The third kappa shape index (κ3) is 4.86. The van der Waals surface area contributed by atoms with Crippen LogP contribution >= 0.6 is 0 Å². The van der Waals surface area contributed by atoms with Crippen LogP contribution in [0.4, 0.5) is 11.4 Å². The van der Waals surface area contributed by atoms with Crippen molar-refractivity contribution in [3.63, 3.8) is 0 Å². The largest absolute Gasteiger partial charge is 0.482 e. The first-order valence-electron chi connectivity index (χ1n) is 11.9. The molecule has 0 aliphatic carbocycles. The summed E-state index contributed by atoms with van der Waals surface area (Å²) < 4.78 is 10.9. The van der Waals surface area contributed by atoms with E-state index in [0.717, 1.165) is 22.4 Å². The maximum Gasteiger partial charge on any atom is 0.265 e. The molecule has 5 rings (SSSR count). The van der Waals surface area contributed by atoms with Crippen LogP contribution in [-0.2, 0) is 16.1 Å². The van der Waals surface area contributed by atoms with E-state index in [0.29, 0.717) is 29.4 Å². The molecule has 0 atom stereocenters. The fraction of sp³-hybridized carbons (Fsp3) is 0.207. The van der Waals surface area contributed by atoms with Crippen molar-refractivity contribution in [3.8, 4) is 5.75 Å². The number of anilines is 2. The van der Waals surface area contributed by atoms with Crippen molar-refractivity contribution in [1.82, 2.24) is 5.16 Å². The monoisotopic (exact) mass is 481 g/mol. The zero-order valence-electron chi connectivity index (χ0n) is 20.2. The summed E-state index contributed by atoms with van der Waals surface area (Å²) in [4.78, 5) is 27.6. The van der Waals surface area contributed by atoms with E-state index in [1.807, 2.05) is 74.5 Å². The predicted molar refractivity (Wildman–Crippen MR) is 137 cm³/mol. The number of nitrogens with zero attached hydrogens (tertiary/aromatic N) is 2. The Labute approximate surface area is 209 Å². The molecule has 0 saturated carbocycles. The summed E-state index contributed by atoms with van der Waals surface area (Å²) >= 11 is 0. The Morgan fingerprint density at radius 1 is 1.00 bits per heavy atom. The molecule has 36 heavy (non-hydrogen) atoms. The average molecular weight is 482 g/mol. The third-order valence-corrected chi connectivity index (χ3v) is 6.48. The number of carbonyl (C=O) groups is 2. The van der Waals surface area contributed by atoms with Crippen molar-refractivity contribution >= 4 is 23.2 Å². The van der Waals surface area contributed by atoms with E-state index in [-0.39, 0.29) is 30.8 Å². The first kappa shape index (κ1) is 23.4. The summed E-state index contributed by atoms with van der Waals surface area (Å²) in [6.45, 7) is 3.95. The van der Waals surface area contributed by atoms with E-state index in [4.69, 9.17) is 9.26 Å². The minimum absolute atomic E-state index is 0.0437. The van der Waals surface area contributed by atoms with Crippen molar-refractivity contribution in [2.45, 2.75) is 32.7 Å². The lowest BCUT2D eigenvalue weighted by molar-refractivity contribution is -0.121. The summed E-state index contributed by atoms with van der Waals surface area (Å²) in [6, 6.07) is 25.4. The Hall–Kier alpha value is -4.39. The quantitative estimate of drug-likeness (QED) is 0.383. The van der Waals surface area contributed by atoms with E-state index in [9.17, 15) is 9.59 Å². The Morgan fingerprint density at radius 2 is 1.67 bits per heavy atom. The van der Waals surface area contributed by atoms with Gasteiger partial charge in [-0.25, -0.2) is 0 Å². The molecule has 4 aromatic rings. The number of hydrogen-bond acceptors (Lipinski definition) is 5. The van der Waals surface area contributed by atoms with E-state index in [1.54, 1.807) is 23.1 Å². The van der Waals surface area contributed by atoms with Crippen molar-refractivity contribution in [2.75, 3.05) is 16.8 Å². The van der Waals surface area contributed by atoms with Gasteiger partial charge in [0.1, 0.15) is 11.5 Å². The minimum atomic E-state index is -0.167. The van der Waals surface area contributed by atoms with Crippen LogP contribution in [0.15, 0.2) is 83.4 Å². The molecular weight excluding hydrogens is 454 g/mol. The van der Waals surface area contributed by atoms with Crippen LogP contribution in [0.25, 0.3) is 0 Å². The second-order valence-corrected chi connectivity index (χ2v) is 8.88. The van der Waals surface area contributed by atoms with Gasteiger partial charge in [-0.3, -0.25) is 9.59 Å². The van der Waals surface area contributed by atoms with Gasteiger partial charge in [0.2, 0.25) is 5.91 Å². The summed E-state index contributed by atoms with van der Waals surface area (Å²) in [7, 11) is 0. The number of carbonyl (C=O) groups excluding carboxylic acids is 2. The van der Waals surface area contributed by atoms with Gasteiger partial charge in [0.05, 0.1) is 17.9 Å². The highest BCUT2D eigenvalue weighted by Crippen LogP contribution is 2.36. The number of amides is 2. The van der Waals surface area contributed by atoms with Crippen molar-refractivity contribution in [2.24, 2.45) is 0 Å². The van der Waals surface area contributed by atoms with Crippen LogP contribution in [0.3, 0.4) is 0 Å². The van der Waals surface area contributed by atoms with Crippen molar-refractivity contribution < 1.29 is 18.8 Å². The molecule has 0 unspecified atom stereocenters. The van der Waals surface area contributed by atoms with Gasteiger partial charge >= 0.3 is 0 Å². The van der Waals surface area contributed by atoms with Crippen LogP contribution in [0.2, 0.25) is 0 Å². The van der Waals surface area contributed by atoms with Crippen LogP contribution in [0.1, 0.15) is 40.5 Å². The van der Waals surface area contributed by atoms with Gasteiger partial charge in [0, 0.05) is 23.6 Å². The normalized spacial score (nSPS) is 12.9. The Balaban J connectivity index is 1.38. The molecule has 3 aromatic carbocycles. The minimum Gasteiger partial charge on any atom is -0.482 e. The molecule has 2 amide bonds. The maximum absolute atomic E-state index is 13.2. The summed E-state index contributed by atoms with van der Waals surface area (Å²) in [5.74, 6) is 0.898. The number of aromatic nitrogens is 1. The molecular formula is C29H27N3O4. The zero-order chi connectivity index (χ0) is 25.1. The Kier molecular flexibility index (Phi) is 6.54. The molecule has 0 fully saturated rings. The molecule has 0 saturated heterocycles. The lowest BCUT2D eigenvalue weighted by Crippen LogP contribution is -2.38. The Morgan fingerprint density at radius 3 is 2.28 bits per heavy atom. The topological polar surface area (TPSA) is 84.7 Å². The van der Waals surface area contributed by atoms with Crippen molar-refractivity contribution in [1.29, 1.82) is 0 Å². The number of nitrogens with one attached hydrogen (secondary N) is 1. The molecule has 1 aromatic heterocycles. The molecule has 0 spiro atoms. The van der Waals surface area contributed by atoms with Gasteiger partial charge in [0.15, 0.2) is 6.61 Å². The first-order valence-corrected chi connectivity index (χ1v) is 11.9. The van der Waals surface area contributed by atoms with Gasteiger partial charge in [-0.15, -0.1) is 0 Å². The molecule has 182 valence electrons. The Bertz CT molecular complexity index is 1320. The van der Waals surface area contributed by atoms with E-state index >= 15 is 0 Å². The van der Waals surface area contributed by atoms with Gasteiger partial charge in [-0.2, -0.15) is 0 Å². The number of hydrogen-bond donors (Lipinski definition) is 1. The highest BCUT2D eigenvalue weighted by molar-refractivity contribution is 5.99. The molecule has 7 nitrogen and oxygen atoms in total. The lowest BCUT2D eigenvalue weighted by Gasteiger charge is -2.30. The number of aryl methyl sites for hydroxylation is 2. The lowest BCUT2D eigenvalue weighted by atomic mass is 9.88. The van der Waals surface area contributed by atoms with Crippen molar-refractivity contribution in [3.05, 3.63) is 107 Å². The molecule has 0 radical (unpaired) electrons. The molecule has 1 aliphatic heterocycles. The fourth-order valence-electron chi connectivity index (χ4n) is 4.54. The van der Waals surface area contributed by atoms with Crippen LogP contribution < -0.4 is 15.0 Å². The van der Waals surface area contributed by atoms with Gasteiger partial charge in [0.25, 0.3) is 5.91 Å². The van der Waals surface area contributed by atoms with E-state index in [2.05, 4.69) is 10.5 Å². The van der Waals surface area contributed by atoms with Gasteiger partial charge in [-0.1, -0.05) is 65.8 Å². The number of fused-ring (bicyclic) bond motifs is 1. The SMILES string of the molecule is Cc1noc(C)c1CN1C(=O)COc2ccc(NC(=O)CC(c3ccccc3)c3ccccc3)cc21. The van der Waals surface area contributed by atoms with E-state index in [1.165, 1.54) is 0 Å². The summed E-state index contributed by atoms with van der Waals surface area (Å²) in [6.07, 6.45) is 0.281. The predicted octanol–water partition coefficient (Wildman–Crippen LogP) is 5.38. The standard InChI is InChI=1S/C29H27N3O4/c1-19-25(20(2)36-31-19)17-32-26-15-23(13-14-27(26)35-18-29(32)34)30-28(33)16-24(21-9-5-3-6-10-21)22-11-7-4-8-12-22/h3-15,24H,16-18H2,1-2H3,(H,30,33). The smallest absolute Gasteiger partial charge is 0.265 e. The van der Waals surface area contributed by atoms with Crippen LogP contribution in [0.5, 0.6) is 5.75 Å². The second-order valence-electron chi connectivity index (χ2n) is 8.88. The highest BCUT2D eigenvalue weighted by atomic mass is 16.5. The maximum atomic E-state index is 13.2. The molecule has 1 N–H and O–H groups in total. The van der Waals surface area contributed by atoms with Gasteiger partial charge < -0.3 is 19.5 Å². The third-order valence-electron chi connectivity index (χ3n) is 6.48. The van der Waals surface area contributed by atoms with Gasteiger partial charge in [-0.05, 0) is 43.2 Å². The summed E-state index contributed by atoms with van der Waals surface area (Å²) in [5, 5.41) is 7.01. The fourth-order valence-corrected chi connectivity index (χ4v) is 4.54. The average Bonchev–Trinajstić information content (AvgIpc) is 3.22. The molecule has 7 heteroatoms. The van der Waals surface area contributed by atoms with Crippen LogP contribution in [0, 0.1) is 13.8 Å². The molecule has 2 heterocycles.